The monoisotopic (exact) mass is 112 g/mol. The van der Waals surface area contributed by atoms with E-state index in [4.69, 9.17) is 0 Å². The Hall–Kier alpha value is -0.265. The fraction of sp³-hybridized carbons (Fsp3) is 0.833. The molecule has 8 heavy (non-hydrogen) atoms. The lowest BCUT2D eigenvalue weighted by atomic mass is 9.69. The molecule has 0 saturated heterocycles. The summed E-state index contributed by atoms with van der Waals surface area (Å²) in [5.41, 5.74) is 0. The summed E-state index contributed by atoms with van der Waals surface area (Å²) in [5, 5.41) is 0.172. The van der Waals surface area contributed by atoms with Gasteiger partial charge < -0.3 is 4.79 Å². The quantitative estimate of drug-likeness (QED) is 0.482. The molecule has 0 unspecified atom stereocenters. The molecule has 0 spiro atoms. The van der Waals surface area contributed by atoms with Gasteiger partial charge >= 0.3 is 0 Å². The van der Waals surface area contributed by atoms with Gasteiger partial charge in [0.2, 0.25) is 0 Å². The van der Waals surface area contributed by atoms with Gasteiger partial charge in [-0.3, -0.25) is 0 Å². The van der Waals surface area contributed by atoms with Crippen molar-refractivity contribution in [3.63, 3.8) is 0 Å². The summed E-state index contributed by atoms with van der Waals surface area (Å²) in [7, 11) is 2.06. The largest absolute Gasteiger partial charge is 0.300 e. The first-order valence-corrected chi connectivity index (χ1v) is 2.91. The molecule has 0 heterocycles. The van der Waals surface area contributed by atoms with Gasteiger partial charge in [0.05, 0.1) is 0 Å². The fourth-order valence-corrected chi connectivity index (χ4v) is 0.747. The van der Waals surface area contributed by atoms with Gasteiger partial charge in [-0.1, -0.05) is 19.2 Å². The minimum atomic E-state index is 0.172. The summed E-state index contributed by atoms with van der Waals surface area (Å²) in [6.07, 6.45) is 0.688. The number of rotatable bonds is 2. The van der Waals surface area contributed by atoms with E-state index in [0.29, 0.717) is 6.42 Å². The van der Waals surface area contributed by atoms with Crippen molar-refractivity contribution in [1.82, 2.24) is 0 Å². The smallest absolute Gasteiger partial charge is 0.129 e. The summed E-state index contributed by atoms with van der Waals surface area (Å²) in [4.78, 5) is 10.5. The Bertz CT molecular complexity index is 91.2. The summed E-state index contributed by atoms with van der Waals surface area (Å²) < 4.78 is 0. The highest BCUT2D eigenvalue weighted by atomic mass is 16.1. The molecule has 0 fully saturated rings. The van der Waals surface area contributed by atoms with Crippen molar-refractivity contribution < 1.29 is 4.79 Å². The molecule has 0 rings (SSSR count). The Morgan fingerprint density at radius 1 is 1.62 bits per heavy atom. The maximum Gasteiger partial charge on any atom is 0.129 e. The van der Waals surface area contributed by atoms with E-state index in [2.05, 4.69) is 21.7 Å². The first kappa shape index (κ1) is 7.73. The maximum atomic E-state index is 10.5. The van der Waals surface area contributed by atoms with Gasteiger partial charge in [-0.05, 0) is 6.92 Å². The summed E-state index contributed by atoms with van der Waals surface area (Å²) >= 11 is 0. The Labute approximate surface area is 51.9 Å². The summed E-state index contributed by atoms with van der Waals surface area (Å²) in [6, 6.07) is 0. The second-order valence-electron chi connectivity index (χ2n) is 3.44. The zero-order valence-electron chi connectivity index (χ0n) is 6.12. The van der Waals surface area contributed by atoms with E-state index in [0.717, 1.165) is 0 Å². The van der Waals surface area contributed by atoms with Gasteiger partial charge in [0.15, 0.2) is 0 Å². The van der Waals surface area contributed by atoms with Gasteiger partial charge in [0.25, 0.3) is 0 Å². The van der Waals surface area contributed by atoms with Crippen LogP contribution in [-0.2, 0) is 4.79 Å². The van der Waals surface area contributed by atoms with Crippen LogP contribution in [0, 0.1) is 0 Å². The average molecular weight is 112 g/mol. The molecule has 0 aromatic carbocycles. The Morgan fingerprint density at radius 3 is 2.00 bits per heavy atom. The van der Waals surface area contributed by atoms with E-state index in [1.807, 2.05) is 0 Å². The molecule has 0 aliphatic heterocycles. The molecule has 0 atom stereocenters. The van der Waals surface area contributed by atoms with E-state index in [1.165, 1.54) is 0 Å². The van der Waals surface area contributed by atoms with E-state index in [1.54, 1.807) is 6.92 Å². The lowest BCUT2D eigenvalue weighted by Crippen LogP contribution is -2.06. The van der Waals surface area contributed by atoms with Gasteiger partial charge in [0, 0.05) is 6.42 Å². The average Bonchev–Trinajstić information content (AvgIpc) is 1.21. The molecule has 46 valence electrons. The van der Waals surface area contributed by atoms with Crippen LogP contribution in [0.2, 0.25) is 5.31 Å². The van der Waals surface area contributed by atoms with Crippen LogP contribution >= 0.6 is 0 Å². The minimum Gasteiger partial charge on any atom is -0.300 e. The fourth-order valence-electron chi connectivity index (χ4n) is 0.747. The summed E-state index contributed by atoms with van der Waals surface area (Å²) in [6.45, 7) is 5.76. The lowest BCUT2D eigenvalue weighted by molar-refractivity contribution is -0.117. The second-order valence-corrected chi connectivity index (χ2v) is 3.44. The summed E-state index contributed by atoms with van der Waals surface area (Å²) in [5.74, 6) is 0.275. The first-order chi connectivity index (χ1) is 3.42. The van der Waals surface area contributed by atoms with Crippen LogP contribution in [0.15, 0.2) is 0 Å². The van der Waals surface area contributed by atoms with Crippen LogP contribution in [0.5, 0.6) is 0 Å². The van der Waals surface area contributed by atoms with Gasteiger partial charge in [-0.25, -0.2) is 0 Å². The van der Waals surface area contributed by atoms with Crippen molar-refractivity contribution in [3.05, 3.63) is 0 Å². The molecular formula is C6H13BO. The second kappa shape index (κ2) is 2.34. The molecular weight excluding hydrogens is 98.9 g/mol. The minimum absolute atomic E-state index is 0.172. The van der Waals surface area contributed by atoms with Gasteiger partial charge in [0.1, 0.15) is 13.6 Å². The van der Waals surface area contributed by atoms with Crippen LogP contribution < -0.4 is 0 Å². The predicted molar refractivity (Wildman–Crippen MR) is 37.9 cm³/mol. The van der Waals surface area contributed by atoms with Gasteiger partial charge in [-0.2, -0.15) is 0 Å². The third-order valence-electron chi connectivity index (χ3n) is 0.779. The zero-order chi connectivity index (χ0) is 6.78. The maximum absolute atomic E-state index is 10.5. The highest BCUT2D eigenvalue weighted by Crippen LogP contribution is 2.22. The van der Waals surface area contributed by atoms with E-state index < -0.39 is 0 Å². The van der Waals surface area contributed by atoms with E-state index in [-0.39, 0.29) is 11.1 Å². The van der Waals surface area contributed by atoms with Crippen LogP contribution in [-0.4, -0.2) is 13.6 Å². The highest BCUT2D eigenvalue weighted by Gasteiger charge is 2.11. The molecule has 0 aromatic rings. The Balaban J connectivity index is 3.55. The van der Waals surface area contributed by atoms with Crippen LogP contribution in [0.3, 0.4) is 0 Å². The molecule has 0 aliphatic rings. The number of hydrogen-bond acceptors (Lipinski definition) is 1. The topological polar surface area (TPSA) is 17.1 Å². The van der Waals surface area contributed by atoms with E-state index in [9.17, 15) is 4.79 Å². The van der Waals surface area contributed by atoms with Crippen LogP contribution in [0.25, 0.3) is 0 Å². The number of Topliss-reactive ketones (excluding diaryl/α,β-unsaturated/α-hetero) is 1. The molecule has 0 aromatic heterocycles. The molecule has 0 radical (unpaired) electrons. The van der Waals surface area contributed by atoms with Crippen molar-refractivity contribution in [2.24, 2.45) is 0 Å². The van der Waals surface area contributed by atoms with E-state index >= 15 is 0 Å². The molecule has 0 bridgehead atoms. The Kier molecular flexibility index (Phi) is 2.26. The lowest BCUT2D eigenvalue weighted by Gasteiger charge is -2.14. The van der Waals surface area contributed by atoms with Crippen LogP contribution in [0.1, 0.15) is 27.2 Å². The SMILES string of the molecule is BC(C)(C)CC(C)=O. The number of ketones is 1. The number of carbonyl (C=O) groups excluding carboxylic acids is 1. The molecule has 1 nitrogen and oxygen atoms in total. The van der Waals surface area contributed by atoms with Crippen molar-refractivity contribution >= 4 is 13.6 Å². The zero-order valence-corrected chi connectivity index (χ0v) is 6.12. The predicted octanol–water partition coefficient (Wildman–Crippen LogP) is 0.797. The Morgan fingerprint density at radius 2 is 2.00 bits per heavy atom. The van der Waals surface area contributed by atoms with Crippen LogP contribution in [0.4, 0.5) is 0 Å². The third kappa shape index (κ3) is 5.73. The molecule has 0 aliphatic carbocycles. The van der Waals surface area contributed by atoms with Crippen molar-refractivity contribution in [2.75, 3.05) is 0 Å². The molecule has 0 amide bonds. The van der Waals surface area contributed by atoms with Crippen molar-refractivity contribution in [1.29, 1.82) is 0 Å². The molecule has 0 N–H and O–H groups in total. The van der Waals surface area contributed by atoms with Crippen molar-refractivity contribution in [3.8, 4) is 0 Å². The number of carbonyl (C=O) groups is 1. The molecule has 2 heteroatoms. The third-order valence-corrected chi connectivity index (χ3v) is 0.779. The first-order valence-electron chi connectivity index (χ1n) is 2.91. The molecule has 0 saturated carbocycles. The standard InChI is InChI=1S/C6H13BO/c1-5(8)4-6(2,3)7/h4,7H2,1-3H3. The van der Waals surface area contributed by atoms with Gasteiger partial charge in [-0.15, -0.1) is 0 Å². The highest BCUT2D eigenvalue weighted by molar-refractivity contribution is 6.16. The normalized spacial score (nSPS) is 11.4. The number of hydrogen-bond donors (Lipinski definition) is 0. The van der Waals surface area contributed by atoms with Crippen molar-refractivity contribution in [2.45, 2.75) is 32.5 Å².